The van der Waals surface area contributed by atoms with E-state index < -0.39 is 15.6 Å². The van der Waals surface area contributed by atoms with Gasteiger partial charge in [-0.1, -0.05) is 41.9 Å². The molecule has 0 radical (unpaired) electrons. The molecule has 0 aliphatic carbocycles. The van der Waals surface area contributed by atoms with Gasteiger partial charge in [-0.3, -0.25) is 9.10 Å². The van der Waals surface area contributed by atoms with Gasteiger partial charge in [0.15, 0.2) is 0 Å². The van der Waals surface area contributed by atoms with E-state index in [-0.39, 0.29) is 10.8 Å². The van der Waals surface area contributed by atoms with E-state index in [0.717, 1.165) is 5.56 Å². The minimum absolute atomic E-state index is 0.142. The molecule has 1 N–H and O–H groups in total. The Bertz CT molecular complexity index is 1140. The lowest BCUT2D eigenvalue weighted by atomic mass is 9.94. The van der Waals surface area contributed by atoms with Gasteiger partial charge in [0.05, 0.1) is 10.6 Å². The molecule has 162 valence electrons. The van der Waals surface area contributed by atoms with Gasteiger partial charge in [-0.2, -0.15) is 0 Å². The van der Waals surface area contributed by atoms with E-state index in [9.17, 15) is 13.2 Å². The van der Waals surface area contributed by atoms with Gasteiger partial charge in [0.1, 0.15) is 0 Å². The summed E-state index contributed by atoms with van der Waals surface area (Å²) in [5.74, 6) is -0.212. The van der Waals surface area contributed by atoms with Crippen molar-refractivity contribution in [2.24, 2.45) is 0 Å². The molecule has 0 heterocycles. The summed E-state index contributed by atoms with van der Waals surface area (Å²) in [6.45, 7) is 3.94. The van der Waals surface area contributed by atoms with Crippen molar-refractivity contribution in [1.29, 1.82) is 0 Å². The molecule has 0 atom stereocenters. The van der Waals surface area contributed by atoms with E-state index in [0.29, 0.717) is 22.7 Å². The molecule has 3 rings (SSSR count). The van der Waals surface area contributed by atoms with Crippen LogP contribution in [0.15, 0.2) is 83.8 Å². The molecule has 1 amide bonds. The van der Waals surface area contributed by atoms with Gasteiger partial charge in [-0.25, -0.2) is 8.42 Å². The highest BCUT2D eigenvalue weighted by Gasteiger charge is 2.23. The summed E-state index contributed by atoms with van der Waals surface area (Å²) in [5.41, 5.74) is 1.61. The van der Waals surface area contributed by atoms with Crippen molar-refractivity contribution in [3.8, 4) is 0 Å². The molecule has 5 nitrogen and oxygen atoms in total. The van der Waals surface area contributed by atoms with Crippen molar-refractivity contribution in [3.05, 3.63) is 95.0 Å². The molecular weight excluding hydrogens is 432 g/mol. The minimum Gasteiger partial charge on any atom is -0.347 e. The average molecular weight is 457 g/mol. The Morgan fingerprint density at radius 3 is 2.10 bits per heavy atom. The lowest BCUT2D eigenvalue weighted by molar-refractivity contribution is 0.0913. The van der Waals surface area contributed by atoms with Crippen LogP contribution < -0.4 is 9.62 Å². The summed E-state index contributed by atoms with van der Waals surface area (Å²) in [7, 11) is -2.26. The van der Waals surface area contributed by atoms with E-state index in [2.05, 4.69) is 5.32 Å². The minimum atomic E-state index is -3.73. The van der Waals surface area contributed by atoms with Crippen LogP contribution in [-0.2, 0) is 16.4 Å². The third kappa shape index (κ3) is 5.66. The standard InChI is InChI=1S/C24H25ClN2O3S/c1-24(2,17-18-7-5-4-6-8-18)26-23(28)19-9-13-21(14-10-19)27(3)31(29,30)22-15-11-20(25)12-16-22/h4-16H,17H2,1-3H3,(H,26,28). The quantitative estimate of drug-likeness (QED) is 0.549. The Hall–Kier alpha value is -2.83. The molecular formula is C24H25ClN2O3S. The van der Waals surface area contributed by atoms with Crippen molar-refractivity contribution in [2.45, 2.75) is 30.7 Å². The van der Waals surface area contributed by atoms with Crippen LogP contribution in [0.3, 0.4) is 0 Å². The Balaban J connectivity index is 1.71. The molecule has 0 aromatic heterocycles. The second kappa shape index (κ2) is 9.12. The molecule has 0 saturated carbocycles. The summed E-state index contributed by atoms with van der Waals surface area (Å²) in [6, 6.07) is 22.4. The number of nitrogens with zero attached hydrogens (tertiary/aromatic N) is 1. The molecule has 3 aromatic rings. The van der Waals surface area contributed by atoms with E-state index in [1.165, 1.54) is 35.6 Å². The topological polar surface area (TPSA) is 66.5 Å². The van der Waals surface area contributed by atoms with Crippen molar-refractivity contribution in [1.82, 2.24) is 5.32 Å². The Labute approximate surface area is 188 Å². The normalized spacial score (nSPS) is 11.7. The van der Waals surface area contributed by atoms with Gasteiger partial charge in [-0.05, 0) is 74.4 Å². The van der Waals surface area contributed by atoms with Crippen LogP contribution in [0.5, 0.6) is 0 Å². The molecule has 0 bridgehead atoms. The van der Waals surface area contributed by atoms with E-state index in [1.807, 2.05) is 44.2 Å². The Morgan fingerprint density at radius 2 is 1.52 bits per heavy atom. The monoisotopic (exact) mass is 456 g/mol. The number of hydrogen-bond acceptors (Lipinski definition) is 3. The van der Waals surface area contributed by atoms with Crippen LogP contribution in [0.4, 0.5) is 5.69 Å². The number of nitrogens with one attached hydrogen (secondary N) is 1. The fourth-order valence-electron chi connectivity index (χ4n) is 3.26. The van der Waals surface area contributed by atoms with Gasteiger partial charge >= 0.3 is 0 Å². The van der Waals surface area contributed by atoms with Gasteiger partial charge in [0.25, 0.3) is 15.9 Å². The Morgan fingerprint density at radius 1 is 0.935 bits per heavy atom. The van der Waals surface area contributed by atoms with Crippen LogP contribution in [-0.4, -0.2) is 26.9 Å². The first-order valence-electron chi connectivity index (χ1n) is 9.79. The lowest BCUT2D eigenvalue weighted by Gasteiger charge is -2.27. The molecule has 0 unspecified atom stereocenters. The highest BCUT2D eigenvalue weighted by atomic mass is 35.5. The summed E-state index contributed by atoms with van der Waals surface area (Å²) in [6.07, 6.45) is 0.694. The molecule has 31 heavy (non-hydrogen) atoms. The predicted octanol–water partition coefficient (Wildman–Crippen LogP) is 4.92. The maximum absolute atomic E-state index is 12.8. The number of rotatable bonds is 7. The van der Waals surface area contributed by atoms with Crippen LogP contribution in [0.25, 0.3) is 0 Å². The highest BCUT2D eigenvalue weighted by molar-refractivity contribution is 7.92. The second-order valence-electron chi connectivity index (χ2n) is 7.97. The fourth-order valence-corrected chi connectivity index (χ4v) is 4.58. The SMILES string of the molecule is CN(c1ccc(C(=O)NC(C)(C)Cc2ccccc2)cc1)S(=O)(=O)c1ccc(Cl)cc1. The van der Waals surface area contributed by atoms with Crippen LogP contribution >= 0.6 is 11.6 Å². The van der Waals surface area contributed by atoms with Crippen LogP contribution in [0.1, 0.15) is 29.8 Å². The fraction of sp³-hybridized carbons (Fsp3) is 0.208. The zero-order chi connectivity index (χ0) is 22.6. The predicted molar refractivity (Wildman–Crippen MR) is 125 cm³/mol. The smallest absolute Gasteiger partial charge is 0.264 e. The maximum atomic E-state index is 12.8. The van der Waals surface area contributed by atoms with Crippen molar-refractivity contribution in [3.63, 3.8) is 0 Å². The average Bonchev–Trinajstić information content (AvgIpc) is 2.73. The summed E-state index contributed by atoms with van der Waals surface area (Å²) in [4.78, 5) is 12.9. The molecule has 0 spiro atoms. The van der Waals surface area contributed by atoms with Crippen molar-refractivity contribution in [2.75, 3.05) is 11.4 Å². The van der Waals surface area contributed by atoms with Gasteiger partial charge < -0.3 is 5.32 Å². The number of amides is 1. The lowest BCUT2D eigenvalue weighted by Crippen LogP contribution is -2.45. The molecule has 0 fully saturated rings. The number of benzene rings is 3. The summed E-state index contributed by atoms with van der Waals surface area (Å²) in [5, 5.41) is 3.51. The molecule has 0 aliphatic rings. The molecule has 0 saturated heterocycles. The molecule has 3 aromatic carbocycles. The summed E-state index contributed by atoms with van der Waals surface area (Å²) < 4.78 is 26.8. The highest BCUT2D eigenvalue weighted by Crippen LogP contribution is 2.24. The second-order valence-corrected chi connectivity index (χ2v) is 10.4. The maximum Gasteiger partial charge on any atom is 0.264 e. The van der Waals surface area contributed by atoms with E-state index in [1.54, 1.807) is 24.3 Å². The van der Waals surface area contributed by atoms with Gasteiger partial charge in [-0.15, -0.1) is 0 Å². The number of carbonyl (C=O) groups is 1. The summed E-state index contributed by atoms with van der Waals surface area (Å²) >= 11 is 5.85. The third-order valence-corrected chi connectivity index (χ3v) is 6.96. The van der Waals surface area contributed by atoms with Crippen molar-refractivity contribution >= 4 is 33.2 Å². The first-order chi connectivity index (χ1) is 14.6. The molecule has 0 aliphatic heterocycles. The molecule has 7 heteroatoms. The number of halogens is 1. The first-order valence-corrected chi connectivity index (χ1v) is 11.6. The number of hydrogen-bond donors (Lipinski definition) is 1. The number of carbonyl (C=O) groups excluding carboxylic acids is 1. The van der Waals surface area contributed by atoms with E-state index in [4.69, 9.17) is 11.6 Å². The van der Waals surface area contributed by atoms with Gasteiger partial charge in [0, 0.05) is 23.2 Å². The first kappa shape index (κ1) is 22.8. The third-order valence-electron chi connectivity index (χ3n) is 4.91. The number of sulfonamides is 1. The van der Waals surface area contributed by atoms with E-state index >= 15 is 0 Å². The Kier molecular flexibility index (Phi) is 6.72. The van der Waals surface area contributed by atoms with Crippen LogP contribution in [0.2, 0.25) is 5.02 Å². The largest absolute Gasteiger partial charge is 0.347 e. The van der Waals surface area contributed by atoms with Gasteiger partial charge in [0.2, 0.25) is 0 Å². The van der Waals surface area contributed by atoms with Crippen molar-refractivity contribution < 1.29 is 13.2 Å². The zero-order valence-electron chi connectivity index (χ0n) is 17.7. The zero-order valence-corrected chi connectivity index (χ0v) is 19.2. The van der Waals surface area contributed by atoms with Crippen LogP contribution in [0, 0.1) is 0 Å². The number of anilines is 1.